The van der Waals surface area contributed by atoms with Crippen molar-refractivity contribution < 1.29 is 9.47 Å². The molecular formula is C19H21N3O2. The van der Waals surface area contributed by atoms with Crippen molar-refractivity contribution in [2.75, 3.05) is 13.2 Å². The topological polar surface area (TPSA) is 62.3 Å². The summed E-state index contributed by atoms with van der Waals surface area (Å²) in [5.41, 5.74) is 9.93. The van der Waals surface area contributed by atoms with E-state index in [1.807, 2.05) is 12.1 Å². The maximum Gasteiger partial charge on any atom is 0.163 e. The fourth-order valence-electron chi connectivity index (χ4n) is 3.12. The lowest BCUT2D eigenvalue weighted by molar-refractivity contribution is 0.172. The molecule has 4 rings (SSSR count). The van der Waals surface area contributed by atoms with Gasteiger partial charge >= 0.3 is 0 Å². The van der Waals surface area contributed by atoms with Crippen molar-refractivity contribution >= 4 is 11.0 Å². The Balaban J connectivity index is 1.88. The van der Waals surface area contributed by atoms with Crippen molar-refractivity contribution in [2.45, 2.75) is 26.4 Å². The number of fused-ring (bicyclic) bond motifs is 2. The first-order chi connectivity index (χ1) is 11.8. The molecule has 0 saturated carbocycles. The minimum absolute atomic E-state index is 0.549. The van der Waals surface area contributed by atoms with Crippen LogP contribution in [0.4, 0.5) is 0 Å². The molecule has 0 atom stereocenters. The van der Waals surface area contributed by atoms with Gasteiger partial charge in [-0.05, 0) is 12.0 Å². The van der Waals surface area contributed by atoms with E-state index in [0.717, 1.165) is 52.4 Å². The summed E-state index contributed by atoms with van der Waals surface area (Å²) in [6, 6.07) is 12.3. The summed E-state index contributed by atoms with van der Waals surface area (Å²) in [5.74, 6) is 2.55. The molecule has 3 aromatic rings. The molecule has 2 N–H and O–H groups in total. The Hall–Kier alpha value is -2.53. The lowest BCUT2D eigenvalue weighted by Crippen LogP contribution is -2.15. The molecule has 124 valence electrons. The van der Waals surface area contributed by atoms with Crippen LogP contribution in [-0.4, -0.2) is 22.8 Å². The van der Waals surface area contributed by atoms with Crippen LogP contribution in [0.2, 0.25) is 0 Å². The van der Waals surface area contributed by atoms with Crippen molar-refractivity contribution in [1.82, 2.24) is 9.55 Å². The van der Waals surface area contributed by atoms with Gasteiger partial charge in [0.05, 0.1) is 11.0 Å². The van der Waals surface area contributed by atoms with Gasteiger partial charge in [-0.15, -0.1) is 0 Å². The van der Waals surface area contributed by atoms with Gasteiger partial charge in [-0.3, -0.25) is 0 Å². The van der Waals surface area contributed by atoms with Crippen LogP contribution in [0.25, 0.3) is 22.4 Å². The maximum atomic E-state index is 5.73. The Bertz CT molecular complexity index is 868. The van der Waals surface area contributed by atoms with Gasteiger partial charge in [0.25, 0.3) is 0 Å². The number of hydrogen-bond acceptors (Lipinski definition) is 4. The minimum Gasteiger partial charge on any atom is -0.486 e. The van der Waals surface area contributed by atoms with E-state index in [4.69, 9.17) is 20.2 Å². The number of aryl methyl sites for hydroxylation is 1. The highest BCUT2D eigenvalue weighted by atomic mass is 16.6. The summed E-state index contributed by atoms with van der Waals surface area (Å²) < 4.78 is 13.7. The number of rotatable bonds is 4. The van der Waals surface area contributed by atoms with Crippen LogP contribution < -0.4 is 15.2 Å². The molecule has 0 saturated heterocycles. The molecule has 0 radical (unpaired) electrons. The number of benzene rings is 2. The molecule has 1 aliphatic heterocycles. The minimum atomic E-state index is 0.549. The zero-order chi connectivity index (χ0) is 16.5. The first kappa shape index (κ1) is 15.0. The largest absolute Gasteiger partial charge is 0.486 e. The zero-order valence-electron chi connectivity index (χ0n) is 13.8. The molecule has 2 aromatic carbocycles. The van der Waals surface area contributed by atoms with E-state index >= 15 is 0 Å². The molecule has 0 unspecified atom stereocenters. The molecule has 24 heavy (non-hydrogen) atoms. The number of imidazole rings is 1. The Morgan fingerprint density at radius 2 is 1.79 bits per heavy atom. The van der Waals surface area contributed by atoms with E-state index in [1.54, 1.807) is 0 Å². The molecular weight excluding hydrogens is 302 g/mol. The summed E-state index contributed by atoms with van der Waals surface area (Å²) >= 11 is 0. The Morgan fingerprint density at radius 3 is 2.46 bits per heavy atom. The van der Waals surface area contributed by atoms with Crippen LogP contribution in [0, 0.1) is 0 Å². The Morgan fingerprint density at radius 1 is 1.08 bits per heavy atom. The predicted octanol–water partition coefficient (Wildman–Crippen LogP) is 3.34. The number of nitrogens with zero attached hydrogens (tertiary/aromatic N) is 2. The highest BCUT2D eigenvalue weighted by molar-refractivity contribution is 5.84. The quantitative estimate of drug-likeness (QED) is 0.800. The van der Waals surface area contributed by atoms with Gasteiger partial charge in [0, 0.05) is 30.8 Å². The third-order valence-electron chi connectivity index (χ3n) is 4.31. The lowest BCUT2D eigenvalue weighted by Gasteiger charge is -2.18. The van der Waals surface area contributed by atoms with Crippen molar-refractivity contribution in [1.29, 1.82) is 0 Å². The highest BCUT2D eigenvalue weighted by Gasteiger charge is 2.18. The Kier molecular flexibility index (Phi) is 3.86. The molecule has 0 bridgehead atoms. The first-order valence-corrected chi connectivity index (χ1v) is 8.39. The van der Waals surface area contributed by atoms with Gasteiger partial charge in [0.1, 0.15) is 19.0 Å². The first-order valence-electron chi connectivity index (χ1n) is 8.39. The normalized spacial score (nSPS) is 13.4. The van der Waals surface area contributed by atoms with Crippen molar-refractivity contribution in [2.24, 2.45) is 5.73 Å². The van der Waals surface area contributed by atoms with Crippen LogP contribution in [-0.2, 0) is 13.1 Å². The summed E-state index contributed by atoms with van der Waals surface area (Å²) in [7, 11) is 0. The smallest absolute Gasteiger partial charge is 0.163 e. The fourth-order valence-corrected chi connectivity index (χ4v) is 3.12. The molecule has 5 nitrogen and oxygen atoms in total. The summed E-state index contributed by atoms with van der Waals surface area (Å²) in [6.07, 6.45) is 1.04. The van der Waals surface area contributed by atoms with Crippen molar-refractivity contribution in [3.05, 3.63) is 42.0 Å². The second-order valence-corrected chi connectivity index (χ2v) is 5.97. The fraction of sp³-hybridized carbons (Fsp3) is 0.316. The summed E-state index contributed by atoms with van der Waals surface area (Å²) in [6.45, 7) is 4.80. The maximum absolute atomic E-state index is 5.73. The van der Waals surface area contributed by atoms with Crippen molar-refractivity contribution in [3.63, 3.8) is 0 Å². The SMILES string of the molecule is CCCn1c(-c2ccc(CN)cc2)nc2cc3c(cc21)OCCO3. The third kappa shape index (κ3) is 2.51. The monoisotopic (exact) mass is 323 g/mol. The molecule has 0 amide bonds. The van der Waals surface area contributed by atoms with E-state index in [0.29, 0.717) is 19.8 Å². The summed E-state index contributed by atoms with van der Waals surface area (Å²) in [5, 5.41) is 0. The summed E-state index contributed by atoms with van der Waals surface area (Å²) in [4.78, 5) is 4.86. The number of ether oxygens (including phenoxy) is 2. The second-order valence-electron chi connectivity index (χ2n) is 5.97. The number of hydrogen-bond donors (Lipinski definition) is 1. The van der Waals surface area contributed by atoms with Gasteiger partial charge < -0.3 is 19.8 Å². The van der Waals surface area contributed by atoms with Gasteiger partial charge in [-0.25, -0.2) is 4.98 Å². The molecule has 1 aliphatic rings. The molecule has 0 fully saturated rings. The zero-order valence-corrected chi connectivity index (χ0v) is 13.8. The second kappa shape index (κ2) is 6.17. The van der Waals surface area contributed by atoms with Crippen LogP contribution in [0.3, 0.4) is 0 Å². The van der Waals surface area contributed by atoms with Gasteiger partial charge in [0.15, 0.2) is 11.5 Å². The van der Waals surface area contributed by atoms with Crippen LogP contribution in [0.1, 0.15) is 18.9 Å². The lowest BCUT2D eigenvalue weighted by atomic mass is 10.1. The van der Waals surface area contributed by atoms with Crippen LogP contribution >= 0.6 is 0 Å². The van der Waals surface area contributed by atoms with Crippen LogP contribution in [0.5, 0.6) is 11.5 Å². The average Bonchev–Trinajstić information content (AvgIpc) is 2.98. The van der Waals surface area contributed by atoms with Gasteiger partial charge in [0.2, 0.25) is 0 Å². The third-order valence-corrected chi connectivity index (χ3v) is 4.31. The average molecular weight is 323 g/mol. The van der Waals surface area contributed by atoms with Crippen LogP contribution in [0.15, 0.2) is 36.4 Å². The molecule has 2 heterocycles. The number of aromatic nitrogens is 2. The van der Waals surface area contributed by atoms with Gasteiger partial charge in [-0.2, -0.15) is 0 Å². The van der Waals surface area contributed by atoms with Gasteiger partial charge in [-0.1, -0.05) is 31.2 Å². The Labute approximate surface area is 141 Å². The highest BCUT2D eigenvalue weighted by Crippen LogP contribution is 2.36. The number of nitrogens with two attached hydrogens (primary N) is 1. The molecule has 5 heteroatoms. The van der Waals surface area contributed by atoms with E-state index in [2.05, 4.69) is 35.8 Å². The molecule has 0 spiro atoms. The predicted molar refractivity (Wildman–Crippen MR) is 94.3 cm³/mol. The van der Waals surface area contributed by atoms with E-state index < -0.39 is 0 Å². The molecule has 1 aromatic heterocycles. The van der Waals surface area contributed by atoms with E-state index in [9.17, 15) is 0 Å². The van der Waals surface area contributed by atoms with Crippen molar-refractivity contribution in [3.8, 4) is 22.9 Å². The van der Waals surface area contributed by atoms with E-state index in [-0.39, 0.29) is 0 Å². The molecule has 0 aliphatic carbocycles. The standard InChI is InChI=1S/C19H21N3O2/c1-2-7-22-16-11-18-17(23-8-9-24-18)10-15(16)21-19(22)14-5-3-13(12-20)4-6-14/h3-6,10-11H,2,7-9,12,20H2,1H3. The van der Waals surface area contributed by atoms with E-state index in [1.165, 1.54) is 0 Å².